The van der Waals surface area contributed by atoms with Crippen molar-refractivity contribution in [3.8, 4) is 0 Å². The molecular weight excluding hydrogens is 370 g/mol. The first kappa shape index (κ1) is 19.8. The van der Waals surface area contributed by atoms with Gasteiger partial charge in [0.25, 0.3) is 10.0 Å². The highest BCUT2D eigenvalue weighted by Crippen LogP contribution is 2.16. The van der Waals surface area contributed by atoms with Crippen LogP contribution in [0.4, 0.5) is 0 Å². The maximum absolute atomic E-state index is 12.7. The summed E-state index contributed by atoms with van der Waals surface area (Å²) in [6.45, 7) is 4.17. The minimum atomic E-state index is -3.85. The summed E-state index contributed by atoms with van der Waals surface area (Å²) in [4.78, 5) is 0.155. The van der Waals surface area contributed by atoms with Crippen LogP contribution in [0.2, 0.25) is 0 Å². The summed E-state index contributed by atoms with van der Waals surface area (Å²) in [6.07, 6.45) is 0.304. The van der Waals surface area contributed by atoms with Crippen LogP contribution in [0.15, 0.2) is 88.2 Å². The van der Waals surface area contributed by atoms with Crippen LogP contribution in [0.5, 0.6) is 0 Å². The van der Waals surface area contributed by atoms with Crippen LogP contribution in [0, 0.1) is 13.8 Å². The number of aryl methyl sites for hydroxylation is 2. The van der Waals surface area contributed by atoms with Gasteiger partial charge in [0.05, 0.1) is 4.90 Å². The van der Waals surface area contributed by atoms with E-state index < -0.39 is 10.0 Å². The Morgan fingerprint density at radius 1 is 0.786 bits per heavy atom. The number of hydrogen-bond acceptors (Lipinski definition) is 3. The van der Waals surface area contributed by atoms with E-state index in [0.29, 0.717) is 6.42 Å². The first-order valence-corrected chi connectivity index (χ1v) is 10.5. The van der Waals surface area contributed by atoms with Crippen LogP contribution in [0.1, 0.15) is 22.3 Å². The van der Waals surface area contributed by atoms with Gasteiger partial charge in [-0.1, -0.05) is 77.9 Å². The highest BCUT2D eigenvalue weighted by Gasteiger charge is 2.16. The van der Waals surface area contributed by atoms with Crippen LogP contribution >= 0.6 is 0 Å². The molecule has 28 heavy (non-hydrogen) atoms. The second-order valence-electron chi connectivity index (χ2n) is 6.71. The minimum absolute atomic E-state index is 0.155. The number of sulfonamides is 1. The van der Waals surface area contributed by atoms with E-state index in [4.69, 9.17) is 4.74 Å². The van der Waals surface area contributed by atoms with Gasteiger partial charge in [-0.15, -0.1) is 4.40 Å². The molecular formula is C23H23NO3S. The van der Waals surface area contributed by atoms with Gasteiger partial charge in [0, 0.05) is 6.42 Å². The molecule has 5 heteroatoms. The van der Waals surface area contributed by atoms with Gasteiger partial charge < -0.3 is 4.74 Å². The molecule has 0 amide bonds. The molecule has 0 unspecified atom stereocenters. The molecule has 3 aromatic carbocycles. The zero-order valence-electron chi connectivity index (χ0n) is 16.0. The lowest BCUT2D eigenvalue weighted by Gasteiger charge is -2.11. The maximum Gasteiger partial charge on any atom is 0.285 e. The van der Waals surface area contributed by atoms with Crippen LogP contribution in [-0.4, -0.2) is 14.3 Å². The van der Waals surface area contributed by atoms with Crippen molar-refractivity contribution in [2.75, 3.05) is 0 Å². The first-order valence-electron chi connectivity index (χ1n) is 9.05. The number of rotatable bonds is 6. The molecule has 0 fully saturated rings. The van der Waals surface area contributed by atoms with E-state index in [1.54, 1.807) is 24.3 Å². The molecule has 144 valence electrons. The molecule has 0 aliphatic heterocycles. The van der Waals surface area contributed by atoms with E-state index in [9.17, 15) is 8.42 Å². The Hall–Kier alpha value is -2.92. The smallest absolute Gasteiger partial charge is 0.285 e. The summed E-state index contributed by atoms with van der Waals surface area (Å²) in [7, 11) is -3.85. The quantitative estimate of drug-likeness (QED) is 0.444. The third-order valence-electron chi connectivity index (χ3n) is 4.27. The fraction of sp³-hybridized carbons (Fsp3) is 0.174. The third-order valence-corrected chi connectivity index (χ3v) is 5.58. The van der Waals surface area contributed by atoms with Crippen molar-refractivity contribution >= 4 is 15.9 Å². The number of ether oxygens (including phenoxy) is 1. The average Bonchev–Trinajstić information content (AvgIpc) is 2.69. The molecule has 4 nitrogen and oxygen atoms in total. The van der Waals surface area contributed by atoms with E-state index in [0.717, 1.165) is 22.3 Å². The molecule has 3 rings (SSSR count). The van der Waals surface area contributed by atoms with Crippen molar-refractivity contribution in [1.82, 2.24) is 0 Å². The molecule has 0 aliphatic rings. The first-order chi connectivity index (χ1) is 13.4. The van der Waals surface area contributed by atoms with Gasteiger partial charge in [0.15, 0.2) is 0 Å². The van der Waals surface area contributed by atoms with E-state index in [1.807, 2.05) is 68.4 Å². The second kappa shape index (κ2) is 8.85. The van der Waals surface area contributed by atoms with Gasteiger partial charge in [-0.25, -0.2) is 0 Å². The van der Waals surface area contributed by atoms with Crippen LogP contribution < -0.4 is 0 Å². The maximum atomic E-state index is 12.7. The fourth-order valence-electron chi connectivity index (χ4n) is 2.63. The molecule has 0 aromatic heterocycles. The van der Waals surface area contributed by atoms with Crippen molar-refractivity contribution < 1.29 is 13.2 Å². The van der Waals surface area contributed by atoms with E-state index in [-0.39, 0.29) is 17.4 Å². The highest BCUT2D eigenvalue weighted by molar-refractivity contribution is 7.90. The molecule has 0 N–H and O–H groups in total. The van der Waals surface area contributed by atoms with Crippen molar-refractivity contribution in [3.63, 3.8) is 0 Å². The molecule has 0 saturated heterocycles. The molecule has 0 atom stereocenters. The Bertz CT molecular complexity index is 1040. The van der Waals surface area contributed by atoms with E-state index >= 15 is 0 Å². The highest BCUT2D eigenvalue weighted by atomic mass is 32.2. The number of nitrogens with zero attached hydrogens (tertiary/aromatic N) is 1. The molecule has 0 saturated carbocycles. The number of benzene rings is 3. The zero-order chi connectivity index (χ0) is 20.0. The van der Waals surface area contributed by atoms with Gasteiger partial charge in [0.2, 0.25) is 5.90 Å². The topological polar surface area (TPSA) is 55.7 Å². The Kier molecular flexibility index (Phi) is 6.26. The van der Waals surface area contributed by atoms with Crippen molar-refractivity contribution in [3.05, 3.63) is 101 Å². The zero-order valence-corrected chi connectivity index (χ0v) is 16.8. The molecule has 0 spiro atoms. The minimum Gasteiger partial charge on any atom is -0.475 e. The summed E-state index contributed by atoms with van der Waals surface area (Å²) in [5, 5.41) is 0. The Balaban J connectivity index is 1.88. The summed E-state index contributed by atoms with van der Waals surface area (Å²) < 4.78 is 35.3. The summed E-state index contributed by atoms with van der Waals surface area (Å²) in [5.74, 6) is 0.174. The van der Waals surface area contributed by atoms with Crippen molar-refractivity contribution in [2.45, 2.75) is 31.8 Å². The number of hydrogen-bond donors (Lipinski definition) is 0. The molecule has 0 heterocycles. The lowest BCUT2D eigenvalue weighted by Crippen LogP contribution is -2.12. The van der Waals surface area contributed by atoms with Crippen LogP contribution in [0.25, 0.3) is 0 Å². The molecule has 0 radical (unpaired) electrons. The van der Waals surface area contributed by atoms with Gasteiger partial charge in [0.1, 0.15) is 6.61 Å². The lowest BCUT2D eigenvalue weighted by molar-refractivity contribution is 0.286. The normalized spacial score (nSPS) is 12.0. The summed E-state index contributed by atoms with van der Waals surface area (Å²) in [5.41, 5.74) is 4.02. The average molecular weight is 394 g/mol. The predicted molar refractivity (Wildman–Crippen MR) is 112 cm³/mol. The SMILES string of the molecule is Cc1ccc(C/C(=N\S(=O)(=O)c2ccc(C)cc2)OCc2ccccc2)cc1. The lowest BCUT2D eigenvalue weighted by atomic mass is 10.1. The van der Waals surface area contributed by atoms with E-state index in [1.165, 1.54) is 0 Å². The monoisotopic (exact) mass is 393 g/mol. The molecule has 3 aromatic rings. The Morgan fingerprint density at radius 3 is 1.96 bits per heavy atom. The fourth-order valence-corrected chi connectivity index (χ4v) is 3.60. The third kappa shape index (κ3) is 5.54. The van der Waals surface area contributed by atoms with Gasteiger partial charge in [-0.3, -0.25) is 0 Å². The predicted octanol–water partition coefficient (Wildman–Crippen LogP) is 4.85. The van der Waals surface area contributed by atoms with Crippen LogP contribution in [0.3, 0.4) is 0 Å². The Morgan fingerprint density at radius 2 is 1.36 bits per heavy atom. The van der Waals surface area contributed by atoms with Gasteiger partial charge in [-0.05, 0) is 37.1 Å². The summed E-state index contributed by atoms with van der Waals surface area (Å²) >= 11 is 0. The van der Waals surface area contributed by atoms with Crippen molar-refractivity contribution in [2.24, 2.45) is 4.40 Å². The largest absolute Gasteiger partial charge is 0.475 e. The van der Waals surface area contributed by atoms with Crippen LogP contribution in [-0.2, 0) is 27.8 Å². The second-order valence-corrected chi connectivity index (χ2v) is 8.31. The van der Waals surface area contributed by atoms with Gasteiger partial charge in [-0.2, -0.15) is 8.42 Å². The summed E-state index contributed by atoms with van der Waals surface area (Å²) in [6, 6.07) is 24.1. The molecule has 0 aliphatic carbocycles. The van der Waals surface area contributed by atoms with Gasteiger partial charge >= 0.3 is 0 Å². The van der Waals surface area contributed by atoms with Crippen molar-refractivity contribution in [1.29, 1.82) is 0 Å². The standard InChI is InChI=1S/C23H23NO3S/c1-18-8-12-20(13-9-18)16-23(27-17-21-6-4-3-5-7-21)24-28(25,26)22-14-10-19(2)11-15-22/h3-15H,16-17H2,1-2H3/b24-23+. The Labute approximate surface area is 166 Å². The van der Waals surface area contributed by atoms with E-state index in [2.05, 4.69) is 4.40 Å². The molecule has 0 bridgehead atoms.